The van der Waals surface area contributed by atoms with Crippen molar-refractivity contribution >= 4 is 0 Å². The molecule has 0 unspecified atom stereocenters. The Morgan fingerprint density at radius 2 is 2.04 bits per heavy atom. The van der Waals surface area contributed by atoms with Crippen LogP contribution in [0.3, 0.4) is 0 Å². The Balaban J connectivity index is 1.99. The molecular formula is C17H23F2N3O2. The van der Waals surface area contributed by atoms with Crippen LogP contribution >= 0.6 is 0 Å². The number of ether oxygens (including phenoxy) is 2. The van der Waals surface area contributed by atoms with Gasteiger partial charge in [-0.1, -0.05) is 12.1 Å². The second kappa shape index (κ2) is 8.10. The Morgan fingerprint density at radius 3 is 2.62 bits per heavy atom. The van der Waals surface area contributed by atoms with Crippen molar-refractivity contribution in [1.29, 1.82) is 0 Å². The molecule has 132 valence electrons. The lowest BCUT2D eigenvalue weighted by atomic mass is 10.1. The molecule has 2 aromatic rings. The Bertz CT molecular complexity index is 687. The van der Waals surface area contributed by atoms with Crippen molar-refractivity contribution < 1.29 is 18.3 Å². The molecule has 0 aliphatic heterocycles. The molecule has 0 aliphatic rings. The summed E-state index contributed by atoms with van der Waals surface area (Å²) in [5.74, 6) is 0.379. The third kappa shape index (κ3) is 4.23. The Kier molecular flexibility index (Phi) is 6.14. The van der Waals surface area contributed by atoms with E-state index in [0.717, 1.165) is 17.8 Å². The monoisotopic (exact) mass is 339 g/mol. The van der Waals surface area contributed by atoms with Crippen molar-refractivity contribution in [3.05, 3.63) is 40.7 Å². The highest BCUT2D eigenvalue weighted by molar-refractivity contribution is 5.46. The molecule has 0 saturated carbocycles. The number of alkyl halides is 2. The van der Waals surface area contributed by atoms with Crippen LogP contribution < -0.4 is 14.8 Å². The first-order valence-corrected chi connectivity index (χ1v) is 7.74. The van der Waals surface area contributed by atoms with Gasteiger partial charge >= 0.3 is 6.61 Å². The lowest BCUT2D eigenvalue weighted by molar-refractivity contribution is -0.0518. The average molecular weight is 339 g/mol. The number of rotatable bonds is 8. The minimum Gasteiger partial charge on any atom is -0.493 e. The summed E-state index contributed by atoms with van der Waals surface area (Å²) in [6.45, 7) is 2.25. The first kappa shape index (κ1) is 18.2. The molecule has 0 bridgehead atoms. The van der Waals surface area contributed by atoms with Gasteiger partial charge in [0.05, 0.1) is 12.8 Å². The molecule has 7 heteroatoms. The fourth-order valence-corrected chi connectivity index (χ4v) is 2.70. The van der Waals surface area contributed by atoms with E-state index >= 15 is 0 Å². The third-order valence-corrected chi connectivity index (χ3v) is 4.01. The number of aryl methyl sites for hydroxylation is 2. The van der Waals surface area contributed by atoms with E-state index in [-0.39, 0.29) is 5.75 Å². The predicted octanol–water partition coefficient (Wildman–Crippen LogP) is 2.98. The summed E-state index contributed by atoms with van der Waals surface area (Å²) < 4.78 is 36.8. The summed E-state index contributed by atoms with van der Waals surface area (Å²) in [6, 6.07) is 5.10. The van der Waals surface area contributed by atoms with Crippen LogP contribution in [-0.2, 0) is 20.0 Å². The quantitative estimate of drug-likeness (QED) is 0.751. The lowest BCUT2D eigenvalue weighted by Crippen LogP contribution is -2.18. The molecule has 1 N–H and O–H groups in total. The molecule has 0 spiro atoms. The molecule has 0 atom stereocenters. The maximum absolute atomic E-state index is 12.6. The number of benzene rings is 1. The summed E-state index contributed by atoms with van der Waals surface area (Å²) in [5, 5.41) is 7.65. The smallest absolute Gasteiger partial charge is 0.387 e. The second-order valence-corrected chi connectivity index (χ2v) is 5.53. The highest BCUT2D eigenvalue weighted by Crippen LogP contribution is 2.32. The van der Waals surface area contributed by atoms with E-state index in [4.69, 9.17) is 4.74 Å². The normalized spacial score (nSPS) is 11.1. The number of hydrogen-bond acceptors (Lipinski definition) is 4. The first-order chi connectivity index (χ1) is 11.4. The zero-order valence-electron chi connectivity index (χ0n) is 14.4. The van der Waals surface area contributed by atoms with Crippen molar-refractivity contribution in [2.45, 2.75) is 33.4 Å². The minimum absolute atomic E-state index is 0.0799. The molecule has 1 aromatic heterocycles. The predicted molar refractivity (Wildman–Crippen MR) is 87.7 cm³/mol. The van der Waals surface area contributed by atoms with Crippen LogP contribution in [-0.4, -0.2) is 30.0 Å². The van der Waals surface area contributed by atoms with E-state index < -0.39 is 6.61 Å². The van der Waals surface area contributed by atoms with E-state index in [1.54, 1.807) is 18.2 Å². The van der Waals surface area contributed by atoms with Gasteiger partial charge in [-0.3, -0.25) is 4.68 Å². The minimum atomic E-state index is -2.89. The topological polar surface area (TPSA) is 48.3 Å². The highest BCUT2D eigenvalue weighted by atomic mass is 19.3. The van der Waals surface area contributed by atoms with Crippen LogP contribution in [0.4, 0.5) is 8.78 Å². The largest absolute Gasteiger partial charge is 0.493 e. The summed E-state index contributed by atoms with van der Waals surface area (Å²) in [5.41, 5.74) is 3.99. The molecule has 1 heterocycles. The number of para-hydroxylation sites is 1. The zero-order valence-corrected chi connectivity index (χ0v) is 14.4. The molecule has 1 aromatic carbocycles. The van der Waals surface area contributed by atoms with Crippen LogP contribution in [0.15, 0.2) is 18.2 Å². The SMILES string of the molecule is COc1cccc(CNCCc2c(C)nn(C)c2C)c1OC(F)F. The van der Waals surface area contributed by atoms with Gasteiger partial charge in [0.1, 0.15) is 0 Å². The number of nitrogens with zero attached hydrogens (tertiary/aromatic N) is 2. The highest BCUT2D eigenvalue weighted by Gasteiger charge is 2.15. The van der Waals surface area contributed by atoms with Gasteiger partial charge < -0.3 is 14.8 Å². The number of halogens is 2. The van der Waals surface area contributed by atoms with E-state index in [1.165, 1.54) is 12.7 Å². The first-order valence-electron chi connectivity index (χ1n) is 7.74. The summed E-state index contributed by atoms with van der Waals surface area (Å²) in [7, 11) is 3.35. The number of hydrogen-bond donors (Lipinski definition) is 1. The third-order valence-electron chi connectivity index (χ3n) is 4.01. The molecular weight excluding hydrogens is 316 g/mol. The number of aromatic nitrogens is 2. The summed E-state index contributed by atoms with van der Waals surface area (Å²) >= 11 is 0. The fraction of sp³-hybridized carbons (Fsp3) is 0.471. The van der Waals surface area contributed by atoms with Crippen molar-refractivity contribution in [2.75, 3.05) is 13.7 Å². The molecule has 2 rings (SSSR count). The Hall–Kier alpha value is -2.15. The van der Waals surface area contributed by atoms with E-state index in [2.05, 4.69) is 15.2 Å². The van der Waals surface area contributed by atoms with Gasteiger partial charge in [-0.15, -0.1) is 0 Å². The number of methoxy groups -OCH3 is 1. The van der Waals surface area contributed by atoms with Gasteiger partial charge in [0.25, 0.3) is 0 Å². The second-order valence-electron chi connectivity index (χ2n) is 5.53. The molecule has 0 saturated heterocycles. The van der Waals surface area contributed by atoms with Gasteiger partial charge in [-0.05, 0) is 38.4 Å². The molecule has 5 nitrogen and oxygen atoms in total. The van der Waals surface area contributed by atoms with Gasteiger partial charge in [-0.2, -0.15) is 13.9 Å². The summed E-state index contributed by atoms with van der Waals surface area (Å²) in [6.07, 6.45) is 0.820. The van der Waals surface area contributed by atoms with Crippen LogP contribution in [0.5, 0.6) is 11.5 Å². The lowest BCUT2D eigenvalue weighted by Gasteiger charge is -2.15. The maximum atomic E-state index is 12.6. The van der Waals surface area contributed by atoms with Crippen molar-refractivity contribution in [2.24, 2.45) is 7.05 Å². The fourth-order valence-electron chi connectivity index (χ4n) is 2.70. The molecule has 0 aliphatic carbocycles. The van der Waals surface area contributed by atoms with Gasteiger partial charge in [0.15, 0.2) is 11.5 Å². The Labute approximate surface area is 140 Å². The van der Waals surface area contributed by atoms with Crippen molar-refractivity contribution in [1.82, 2.24) is 15.1 Å². The van der Waals surface area contributed by atoms with Crippen LogP contribution in [0.25, 0.3) is 0 Å². The van der Waals surface area contributed by atoms with Gasteiger partial charge in [-0.25, -0.2) is 0 Å². The van der Waals surface area contributed by atoms with Crippen LogP contribution in [0.1, 0.15) is 22.5 Å². The van der Waals surface area contributed by atoms with E-state index in [0.29, 0.717) is 24.4 Å². The van der Waals surface area contributed by atoms with E-state index in [9.17, 15) is 8.78 Å². The number of nitrogens with one attached hydrogen (secondary N) is 1. The molecule has 24 heavy (non-hydrogen) atoms. The molecule has 0 radical (unpaired) electrons. The zero-order chi connectivity index (χ0) is 17.7. The van der Waals surface area contributed by atoms with Gasteiger partial charge in [0, 0.05) is 24.8 Å². The van der Waals surface area contributed by atoms with Crippen LogP contribution in [0.2, 0.25) is 0 Å². The van der Waals surface area contributed by atoms with Crippen molar-refractivity contribution in [3.63, 3.8) is 0 Å². The van der Waals surface area contributed by atoms with Crippen LogP contribution in [0, 0.1) is 13.8 Å². The molecule has 0 amide bonds. The van der Waals surface area contributed by atoms with Crippen molar-refractivity contribution in [3.8, 4) is 11.5 Å². The van der Waals surface area contributed by atoms with Gasteiger partial charge in [0.2, 0.25) is 0 Å². The van der Waals surface area contributed by atoms with E-state index in [1.807, 2.05) is 25.6 Å². The standard InChI is InChI=1S/C17H23F2N3O2/c1-11-14(12(2)22(3)21-11)8-9-20-10-13-6-5-7-15(23-4)16(13)24-17(18)19/h5-7,17,20H,8-10H2,1-4H3. The Morgan fingerprint density at radius 1 is 1.29 bits per heavy atom. The molecule has 0 fully saturated rings. The average Bonchev–Trinajstić information content (AvgIpc) is 2.77. The maximum Gasteiger partial charge on any atom is 0.387 e. The summed E-state index contributed by atoms with van der Waals surface area (Å²) in [4.78, 5) is 0.